The van der Waals surface area contributed by atoms with Crippen LogP contribution in [0.3, 0.4) is 0 Å². The number of hydrogen-bond acceptors (Lipinski definition) is 4. The largest absolute Gasteiger partial charge is 0.383 e. The maximum Gasteiger partial charge on any atom is 0.191 e. The van der Waals surface area contributed by atoms with E-state index < -0.39 is 0 Å². The molecule has 0 spiro atoms. The monoisotopic (exact) mass is 470 g/mol. The number of aliphatic imine (C=N–C) groups is 1. The zero-order valence-corrected chi connectivity index (χ0v) is 19.3. The predicted molar refractivity (Wildman–Crippen MR) is 116 cm³/mol. The average molecular weight is 470 g/mol. The molecule has 1 rings (SSSR count). The Bertz CT molecular complexity index is 367. The van der Waals surface area contributed by atoms with Crippen molar-refractivity contribution in [1.82, 2.24) is 15.5 Å². The maximum atomic E-state index is 5.60. The molecular weight excluding hydrogens is 431 g/mol. The van der Waals surface area contributed by atoms with E-state index in [4.69, 9.17) is 14.5 Å². The van der Waals surface area contributed by atoms with E-state index in [1.54, 1.807) is 14.2 Å². The number of piperidine rings is 1. The van der Waals surface area contributed by atoms with Gasteiger partial charge in [-0.25, -0.2) is 0 Å². The van der Waals surface area contributed by atoms with Crippen LogP contribution in [0, 0.1) is 5.41 Å². The van der Waals surface area contributed by atoms with Gasteiger partial charge in [0.25, 0.3) is 0 Å². The highest BCUT2D eigenvalue weighted by atomic mass is 127. The standard InChI is InChI=1S/C18H38N4O2.HI/c1-7-19-17(20-14-16(24-6)18(2,3)4)21-15-8-10-22(11-9-15)12-13-23-5;/h15-16H,7-14H2,1-6H3,(H2,19,20,21);1H. The van der Waals surface area contributed by atoms with Crippen LogP contribution in [0.2, 0.25) is 0 Å². The fourth-order valence-corrected chi connectivity index (χ4v) is 2.91. The van der Waals surface area contributed by atoms with Crippen molar-refractivity contribution in [2.45, 2.75) is 52.7 Å². The van der Waals surface area contributed by atoms with Gasteiger partial charge >= 0.3 is 0 Å². The molecule has 0 aliphatic carbocycles. The number of methoxy groups -OCH3 is 2. The third-order valence-corrected chi connectivity index (χ3v) is 4.55. The smallest absolute Gasteiger partial charge is 0.191 e. The van der Waals surface area contributed by atoms with Crippen molar-refractivity contribution in [3.8, 4) is 0 Å². The molecule has 1 aliphatic rings. The topological polar surface area (TPSA) is 58.1 Å². The summed E-state index contributed by atoms with van der Waals surface area (Å²) in [5, 5.41) is 6.95. The maximum absolute atomic E-state index is 5.60. The van der Waals surface area contributed by atoms with Crippen LogP contribution in [0.25, 0.3) is 0 Å². The Hall–Kier alpha value is -0.120. The lowest BCUT2D eigenvalue weighted by molar-refractivity contribution is 0.0241. The number of rotatable bonds is 8. The number of halogens is 1. The third kappa shape index (κ3) is 9.96. The number of nitrogens with zero attached hydrogens (tertiary/aromatic N) is 2. The zero-order valence-electron chi connectivity index (χ0n) is 16.9. The summed E-state index contributed by atoms with van der Waals surface area (Å²) in [5.41, 5.74) is 0.0856. The van der Waals surface area contributed by atoms with Crippen molar-refractivity contribution in [1.29, 1.82) is 0 Å². The molecule has 0 bridgehead atoms. The first-order valence-corrected chi connectivity index (χ1v) is 9.19. The van der Waals surface area contributed by atoms with Gasteiger partial charge < -0.3 is 25.0 Å². The molecule has 0 aromatic heterocycles. The fraction of sp³-hybridized carbons (Fsp3) is 0.944. The van der Waals surface area contributed by atoms with E-state index in [9.17, 15) is 0 Å². The van der Waals surface area contributed by atoms with Crippen LogP contribution in [0.15, 0.2) is 4.99 Å². The second-order valence-electron chi connectivity index (χ2n) is 7.56. The summed E-state index contributed by atoms with van der Waals surface area (Å²) >= 11 is 0. The number of ether oxygens (including phenoxy) is 2. The predicted octanol–water partition coefficient (Wildman–Crippen LogP) is 2.33. The third-order valence-electron chi connectivity index (χ3n) is 4.55. The first-order valence-electron chi connectivity index (χ1n) is 9.19. The fourth-order valence-electron chi connectivity index (χ4n) is 2.91. The number of guanidine groups is 1. The number of nitrogens with one attached hydrogen (secondary N) is 2. The van der Waals surface area contributed by atoms with E-state index >= 15 is 0 Å². The molecule has 0 amide bonds. The normalized spacial score (nSPS) is 18.6. The summed E-state index contributed by atoms with van der Waals surface area (Å²) in [7, 11) is 3.53. The van der Waals surface area contributed by atoms with Crippen LogP contribution < -0.4 is 10.6 Å². The summed E-state index contributed by atoms with van der Waals surface area (Å²) in [6.45, 7) is 14.3. The molecule has 1 saturated heterocycles. The number of likely N-dealkylation sites (tertiary alicyclic amines) is 1. The first-order chi connectivity index (χ1) is 11.4. The van der Waals surface area contributed by atoms with E-state index in [-0.39, 0.29) is 35.5 Å². The van der Waals surface area contributed by atoms with Crippen LogP contribution in [0.4, 0.5) is 0 Å². The molecule has 0 radical (unpaired) electrons. The van der Waals surface area contributed by atoms with E-state index in [2.05, 4.69) is 43.2 Å². The van der Waals surface area contributed by atoms with E-state index in [1.165, 1.54) is 0 Å². The lowest BCUT2D eigenvalue weighted by atomic mass is 9.89. The van der Waals surface area contributed by atoms with Crippen molar-refractivity contribution in [2.75, 3.05) is 53.6 Å². The lowest BCUT2D eigenvalue weighted by Gasteiger charge is -2.33. The van der Waals surface area contributed by atoms with Gasteiger partial charge in [-0.15, -0.1) is 24.0 Å². The van der Waals surface area contributed by atoms with Gasteiger partial charge in [-0.2, -0.15) is 0 Å². The van der Waals surface area contributed by atoms with Crippen molar-refractivity contribution < 1.29 is 9.47 Å². The second kappa shape index (κ2) is 13.1. The Morgan fingerprint density at radius 2 is 1.88 bits per heavy atom. The van der Waals surface area contributed by atoms with Crippen LogP contribution in [0.1, 0.15) is 40.5 Å². The molecule has 1 atom stereocenters. The van der Waals surface area contributed by atoms with Gasteiger partial charge in [-0.1, -0.05) is 20.8 Å². The molecule has 1 heterocycles. The van der Waals surface area contributed by atoms with Crippen molar-refractivity contribution in [2.24, 2.45) is 10.4 Å². The summed E-state index contributed by atoms with van der Waals surface area (Å²) in [6, 6.07) is 0.484. The van der Waals surface area contributed by atoms with Gasteiger partial charge in [0.2, 0.25) is 0 Å². The minimum absolute atomic E-state index is 0. The summed E-state index contributed by atoms with van der Waals surface area (Å²) in [6.07, 6.45) is 2.39. The molecule has 0 aromatic carbocycles. The summed E-state index contributed by atoms with van der Waals surface area (Å²) in [4.78, 5) is 7.21. The molecule has 1 aliphatic heterocycles. The summed E-state index contributed by atoms with van der Waals surface area (Å²) in [5.74, 6) is 0.902. The van der Waals surface area contributed by atoms with Crippen LogP contribution in [-0.2, 0) is 9.47 Å². The van der Waals surface area contributed by atoms with Gasteiger partial charge in [-0.3, -0.25) is 4.99 Å². The molecular formula is C18H39IN4O2. The van der Waals surface area contributed by atoms with Gasteiger partial charge in [0.15, 0.2) is 5.96 Å². The molecule has 150 valence electrons. The first kappa shape index (κ1) is 24.9. The Labute approximate surface area is 171 Å². The van der Waals surface area contributed by atoms with Crippen LogP contribution in [0.5, 0.6) is 0 Å². The minimum Gasteiger partial charge on any atom is -0.383 e. The molecule has 1 fully saturated rings. The van der Waals surface area contributed by atoms with Gasteiger partial charge in [-0.05, 0) is 25.2 Å². The quantitative estimate of drug-likeness (QED) is 0.324. The molecule has 0 aromatic rings. The number of hydrogen-bond donors (Lipinski definition) is 2. The van der Waals surface area contributed by atoms with Crippen LogP contribution >= 0.6 is 24.0 Å². The van der Waals surface area contributed by atoms with Gasteiger partial charge in [0, 0.05) is 46.4 Å². The molecule has 1 unspecified atom stereocenters. The highest BCUT2D eigenvalue weighted by molar-refractivity contribution is 14.0. The van der Waals surface area contributed by atoms with Crippen LogP contribution in [-0.4, -0.2) is 76.6 Å². The Morgan fingerprint density at radius 3 is 2.36 bits per heavy atom. The van der Waals surface area contributed by atoms with Crippen molar-refractivity contribution >= 4 is 29.9 Å². The minimum atomic E-state index is 0. The Kier molecular flexibility index (Phi) is 13.0. The van der Waals surface area contributed by atoms with E-state index in [1.807, 2.05) is 0 Å². The van der Waals surface area contributed by atoms with E-state index in [0.717, 1.165) is 51.6 Å². The van der Waals surface area contributed by atoms with Gasteiger partial charge in [0.1, 0.15) is 0 Å². The second-order valence-corrected chi connectivity index (χ2v) is 7.56. The van der Waals surface area contributed by atoms with E-state index in [0.29, 0.717) is 12.6 Å². The Morgan fingerprint density at radius 1 is 1.24 bits per heavy atom. The average Bonchev–Trinajstić information content (AvgIpc) is 2.53. The highest BCUT2D eigenvalue weighted by Gasteiger charge is 2.24. The SMILES string of the molecule is CCNC(=NCC(OC)C(C)(C)C)NC1CCN(CCOC)CC1.I. The molecule has 25 heavy (non-hydrogen) atoms. The molecule has 7 heteroatoms. The molecule has 6 nitrogen and oxygen atoms in total. The van der Waals surface area contributed by atoms with Crippen molar-refractivity contribution in [3.05, 3.63) is 0 Å². The van der Waals surface area contributed by atoms with Crippen molar-refractivity contribution in [3.63, 3.8) is 0 Å². The molecule has 0 saturated carbocycles. The molecule has 2 N–H and O–H groups in total. The zero-order chi connectivity index (χ0) is 18.0. The van der Waals surface area contributed by atoms with Gasteiger partial charge in [0.05, 0.1) is 19.3 Å². The lowest BCUT2D eigenvalue weighted by Crippen LogP contribution is -2.49. The Balaban J connectivity index is 0.00000576. The summed E-state index contributed by atoms with van der Waals surface area (Å²) < 4.78 is 10.8. The highest BCUT2D eigenvalue weighted by Crippen LogP contribution is 2.21.